The average molecular weight is 284 g/mol. The van der Waals surface area contributed by atoms with E-state index >= 15 is 0 Å². The summed E-state index contributed by atoms with van der Waals surface area (Å²) in [5, 5.41) is 3.16. The first-order valence-corrected chi connectivity index (χ1v) is 7.36. The Morgan fingerprint density at radius 2 is 2.00 bits per heavy atom. The lowest BCUT2D eigenvalue weighted by Crippen LogP contribution is -2.29. The van der Waals surface area contributed by atoms with Crippen LogP contribution in [0.4, 0.5) is 5.69 Å². The first-order valence-electron chi connectivity index (χ1n) is 6.95. The van der Waals surface area contributed by atoms with Crippen molar-refractivity contribution >= 4 is 17.9 Å². The molecular formula is C14H24N2O2S. The molecule has 19 heavy (non-hydrogen) atoms. The minimum Gasteiger partial charge on any atom is -0.381 e. The topological polar surface area (TPSA) is 41.6 Å². The second kappa shape index (κ2) is 8.40. The monoisotopic (exact) mass is 284 g/mol. The van der Waals surface area contributed by atoms with Gasteiger partial charge in [0.05, 0.1) is 18.9 Å². The van der Waals surface area contributed by atoms with Gasteiger partial charge in [-0.15, -0.1) is 0 Å². The van der Waals surface area contributed by atoms with Crippen molar-refractivity contribution < 1.29 is 4.74 Å². The van der Waals surface area contributed by atoms with Crippen LogP contribution < -0.4 is 10.7 Å². The highest BCUT2D eigenvalue weighted by Gasteiger charge is 2.11. The molecule has 1 rings (SSSR count). The van der Waals surface area contributed by atoms with Gasteiger partial charge in [0.2, 0.25) is 5.43 Å². The van der Waals surface area contributed by atoms with Gasteiger partial charge < -0.3 is 15.0 Å². The summed E-state index contributed by atoms with van der Waals surface area (Å²) in [6, 6.07) is 0. The molecule has 0 saturated carbocycles. The fourth-order valence-electron chi connectivity index (χ4n) is 2.01. The predicted molar refractivity (Wildman–Crippen MR) is 82.4 cm³/mol. The number of anilines is 1. The molecule has 4 nitrogen and oxygen atoms in total. The fraction of sp³-hybridized carbons (Fsp3) is 0.714. The summed E-state index contributed by atoms with van der Waals surface area (Å²) in [7, 11) is 0. The van der Waals surface area contributed by atoms with Crippen LogP contribution in [0.1, 0.15) is 25.8 Å². The lowest BCUT2D eigenvalue weighted by atomic mass is 10.1. The number of rotatable bonds is 10. The molecule has 5 heteroatoms. The van der Waals surface area contributed by atoms with Gasteiger partial charge in [-0.3, -0.25) is 4.79 Å². The maximum atomic E-state index is 11.2. The Bertz CT molecular complexity index is 452. The minimum atomic E-state index is -0.00317. The zero-order valence-corrected chi connectivity index (χ0v) is 12.9. The van der Waals surface area contributed by atoms with E-state index in [4.69, 9.17) is 17.0 Å². The molecule has 0 amide bonds. The maximum Gasteiger partial charge on any atom is 0.203 e. The van der Waals surface area contributed by atoms with Crippen LogP contribution in [0.5, 0.6) is 0 Å². The molecule has 0 unspecified atom stereocenters. The van der Waals surface area contributed by atoms with Crippen LogP contribution in [0.25, 0.3) is 0 Å². The molecule has 1 aromatic carbocycles. The van der Waals surface area contributed by atoms with Gasteiger partial charge in [-0.1, -0.05) is 26.1 Å². The van der Waals surface area contributed by atoms with Gasteiger partial charge in [0.25, 0.3) is 0 Å². The van der Waals surface area contributed by atoms with Gasteiger partial charge in [-0.2, -0.15) is 0 Å². The maximum absolute atomic E-state index is 11.2. The summed E-state index contributed by atoms with van der Waals surface area (Å²) >= 11 is 4.97. The van der Waals surface area contributed by atoms with E-state index in [0.717, 1.165) is 37.5 Å². The highest BCUT2D eigenvalue weighted by Crippen LogP contribution is 2.14. The van der Waals surface area contributed by atoms with Crippen molar-refractivity contribution in [2.75, 3.05) is 44.7 Å². The average Bonchev–Trinajstić information content (AvgIpc) is 2.44. The summed E-state index contributed by atoms with van der Waals surface area (Å²) in [5.74, 6) is 0. The Morgan fingerprint density at radius 3 is 2.58 bits per heavy atom. The van der Waals surface area contributed by atoms with Crippen LogP contribution in [0, 0.1) is 11.4 Å². The molecule has 0 radical (unpaired) electrons. The van der Waals surface area contributed by atoms with Crippen LogP contribution in [0.3, 0.4) is 0 Å². The lowest BCUT2D eigenvalue weighted by Gasteiger charge is -2.19. The number of ether oxygens (including phenoxy) is 1. The highest BCUT2D eigenvalue weighted by molar-refractivity contribution is 7.71. The molecule has 0 aliphatic rings. The third kappa shape index (κ3) is 4.67. The van der Waals surface area contributed by atoms with Crippen LogP contribution in [-0.4, -0.2) is 44.3 Å². The molecule has 0 atom stereocenters. The van der Waals surface area contributed by atoms with Gasteiger partial charge in [0.15, 0.2) is 0 Å². The largest absolute Gasteiger partial charge is 0.381 e. The van der Waals surface area contributed by atoms with Crippen molar-refractivity contribution in [3.63, 3.8) is 0 Å². The molecule has 108 valence electrons. The zero-order valence-electron chi connectivity index (χ0n) is 12.1. The second-order valence-electron chi connectivity index (χ2n) is 4.63. The summed E-state index contributed by atoms with van der Waals surface area (Å²) in [6.45, 7) is 11.4. The van der Waals surface area contributed by atoms with Crippen LogP contribution in [-0.2, 0) is 4.74 Å². The Morgan fingerprint density at radius 1 is 1.26 bits per heavy atom. The van der Waals surface area contributed by atoms with E-state index in [2.05, 4.69) is 24.1 Å². The second-order valence-corrected chi connectivity index (χ2v) is 5.04. The molecule has 0 aliphatic carbocycles. The molecule has 0 spiro atoms. The molecule has 0 aromatic heterocycles. The van der Waals surface area contributed by atoms with E-state index in [1.165, 1.54) is 6.42 Å². The Hall–Kier alpha value is -0.780. The van der Waals surface area contributed by atoms with Crippen molar-refractivity contribution in [1.82, 2.24) is 4.90 Å². The van der Waals surface area contributed by atoms with Gasteiger partial charge in [0.1, 0.15) is 4.51 Å². The third-order valence-corrected chi connectivity index (χ3v) is 3.63. The van der Waals surface area contributed by atoms with Crippen molar-refractivity contribution in [2.45, 2.75) is 27.2 Å². The van der Waals surface area contributed by atoms with Crippen LogP contribution in [0.15, 0.2) is 4.79 Å². The normalized spacial score (nSPS) is 11.4. The van der Waals surface area contributed by atoms with E-state index in [-0.39, 0.29) is 5.43 Å². The SMILES string of the molecule is CCCN(CC)CCOCCNc1c(C)c(=O)c1=S. The molecule has 0 bridgehead atoms. The van der Waals surface area contributed by atoms with E-state index in [0.29, 0.717) is 17.7 Å². The lowest BCUT2D eigenvalue weighted by molar-refractivity contribution is 0.113. The third-order valence-electron chi connectivity index (χ3n) is 3.24. The van der Waals surface area contributed by atoms with Gasteiger partial charge in [-0.25, -0.2) is 0 Å². The minimum absolute atomic E-state index is 0.00317. The van der Waals surface area contributed by atoms with Gasteiger partial charge in [-0.05, 0) is 26.4 Å². The molecule has 0 fully saturated rings. The van der Waals surface area contributed by atoms with E-state index in [1.807, 2.05) is 0 Å². The number of hydrogen-bond acceptors (Lipinski definition) is 5. The van der Waals surface area contributed by atoms with Gasteiger partial charge >= 0.3 is 0 Å². The molecule has 1 N–H and O–H groups in total. The number of likely N-dealkylation sites (N-methyl/N-ethyl adjacent to an activating group) is 1. The van der Waals surface area contributed by atoms with E-state index in [9.17, 15) is 4.79 Å². The van der Waals surface area contributed by atoms with Crippen molar-refractivity contribution in [3.05, 3.63) is 20.3 Å². The smallest absolute Gasteiger partial charge is 0.203 e. The molecular weight excluding hydrogens is 260 g/mol. The standard InChI is InChI=1S/C14H24N2O2S/c1-4-7-16(5-2)8-10-18-9-6-15-12-11(3)13(17)14(12)19/h15H,4-10H2,1-3H3. The number of nitrogens with one attached hydrogen (secondary N) is 1. The van der Waals surface area contributed by atoms with Crippen LogP contribution in [0.2, 0.25) is 0 Å². The summed E-state index contributed by atoms with van der Waals surface area (Å²) in [4.78, 5) is 13.6. The quantitative estimate of drug-likeness (QED) is 0.526. The molecule has 0 heterocycles. The molecule has 0 saturated heterocycles. The molecule has 0 aliphatic heterocycles. The van der Waals surface area contributed by atoms with E-state index in [1.54, 1.807) is 6.92 Å². The summed E-state index contributed by atoms with van der Waals surface area (Å²) < 4.78 is 6.00. The number of nitrogens with zero attached hydrogens (tertiary/aromatic N) is 1. The summed E-state index contributed by atoms with van der Waals surface area (Å²) in [6.07, 6.45) is 1.17. The highest BCUT2D eigenvalue weighted by atomic mass is 32.1. The van der Waals surface area contributed by atoms with Crippen molar-refractivity contribution in [3.8, 4) is 0 Å². The van der Waals surface area contributed by atoms with E-state index < -0.39 is 0 Å². The van der Waals surface area contributed by atoms with Crippen LogP contribution >= 0.6 is 12.2 Å². The van der Waals surface area contributed by atoms with Crippen molar-refractivity contribution in [1.29, 1.82) is 0 Å². The Balaban J connectivity index is 2.09. The first kappa shape index (κ1) is 16.3. The first-order chi connectivity index (χ1) is 9.11. The Labute approximate surface area is 120 Å². The molecule has 1 aromatic rings. The zero-order chi connectivity index (χ0) is 14.3. The van der Waals surface area contributed by atoms with Gasteiger partial charge in [0, 0.05) is 18.7 Å². The Kier molecular flexibility index (Phi) is 7.20. The predicted octanol–water partition coefficient (Wildman–Crippen LogP) is 2.12. The van der Waals surface area contributed by atoms with Crippen molar-refractivity contribution in [2.24, 2.45) is 0 Å². The summed E-state index contributed by atoms with van der Waals surface area (Å²) in [5.41, 5.74) is 1.56. The number of hydrogen-bond donors (Lipinski definition) is 1. The fourth-order valence-corrected chi connectivity index (χ4v) is 2.38.